The predicted molar refractivity (Wildman–Crippen MR) is 116 cm³/mol. The summed E-state index contributed by atoms with van der Waals surface area (Å²) in [7, 11) is 1.64. The first-order valence-corrected chi connectivity index (χ1v) is 13.1. The highest BCUT2D eigenvalue weighted by atomic mass is 28.3. The molecule has 28 heavy (non-hydrogen) atoms. The van der Waals surface area contributed by atoms with Crippen molar-refractivity contribution in [3.63, 3.8) is 0 Å². The first kappa shape index (κ1) is 24.2. The van der Waals surface area contributed by atoms with Crippen LogP contribution < -0.4 is 4.74 Å². The molecule has 0 bridgehead atoms. The summed E-state index contributed by atoms with van der Waals surface area (Å²) in [6.45, 7) is 13.0. The number of rotatable bonds is 9. The van der Waals surface area contributed by atoms with E-state index in [1.165, 1.54) is 0 Å². The quantitative estimate of drug-likeness (QED) is 0.355. The smallest absolute Gasteiger partial charge is 0.220 e. The Bertz CT molecular complexity index is 671. The number of carbonyl (C=O) groups excluding carboxylic acids is 1. The summed E-state index contributed by atoms with van der Waals surface area (Å²) in [5.41, 5.74) is 4.43. The van der Waals surface area contributed by atoms with Crippen LogP contribution in [0.2, 0.25) is 19.6 Å². The third kappa shape index (κ3) is 8.05. The molecule has 0 saturated carbocycles. The molecule has 0 saturated heterocycles. The van der Waals surface area contributed by atoms with E-state index in [0.29, 0.717) is 6.54 Å². The second-order valence-electron chi connectivity index (χ2n) is 8.24. The van der Waals surface area contributed by atoms with Gasteiger partial charge in [0.25, 0.3) is 0 Å². The van der Waals surface area contributed by atoms with Crippen LogP contribution in [0.1, 0.15) is 26.3 Å². The molecule has 0 aliphatic rings. The minimum atomic E-state index is -1.59. The number of methoxy groups -OCH3 is 2. The number of nitrogens with zero attached hydrogens (tertiary/aromatic N) is 1. The maximum atomic E-state index is 12.6. The fourth-order valence-electron chi connectivity index (χ4n) is 2.88. The fourth-order valence-corrected chi connectivity index (χ4v) is 3.46. The molecule has 0 aromatic heterocycles. The van der Waals surface area contributed by atoms with E-state index in [-0.39, 0.29) is 24.7 Å². The van der Waals surface area contributed by atoms with Crippen molar-refractivity contribution in [2.24, 2.45) is 5.92 Å². The van der Waals surface area contributed by atoms with Crippen LogP contribution in [0.15, 0.2) is 24.3 Å². The van der Waals surface area contributed by atoms with Crippen LogP contribution in [0, 0.1) is 17.4 Å². The Morgan fingerprint density at radius 3 is 2.18 bits per heavy atom. The molecular weight excluding hydrogens is 370 g/mol. The summed E-state index contributed by atoms with van der Waals surface area (Å²) in [5.74, 6) is 4.27. The van der Waals surface area contributed by atoms with Gasteiger partial charge >= 0.3 is 0 Å². The number of hydrogen-bond acceptors (Lipinski definition) is 4. The number of ether oxygens (including phenoxy) is 3. The number of benzene rings is 1. The minimum Gasteiger partial charge on any atom is -0.497 e. The van der Waals surface area contributed by atoms with Crippen molar-refractivity contribution in [3.8, 4) is 17.2 Å². The molecule has 0 N–H and O–H groups in total. The molecule has 0 fully saturated rings. The van der Waals surface area contributed by atoms with E-state index >= 15 is 0 Å². The SMILES string of the molecule is COCO[C@H](C#C[Si](C)(C)C)[C@H](C(C)C)N(Cc1ccc(OC)cc1)C(C)=O. The van der Waals surface area contributed by atoms with Gasteiger partial charge in [-0.2, -0.15) is 0 Å². The van der Waals surface area contributed by atoms with E-state index < -0.39 is 14.2 Å². The van der Waals surface area contributed by atoms with Gasteiger partial charge in [0, 0.05) is 20.6 Å². The standard InChI is InChI=1S/C22H35NO4Si/c1-17(2)22(21(27-16-25-4)13-14-28(6,7)8)23(18(3)24)15-19-9-11-20(26-5)12-10-19/h9-12,17,21-22H,15-16H2,1-8H3/t21-,22+/m1/s1. The molecule has 1 rings (SSSR count). The normalized spacial score (nSPS) is 13.5. The van der Waals surface area contributed by atoms with Crippen molar-refractivity contribution in [2.45, 2.75) is 59.1 Å². The number of hydrogen-bond donors (Lipinski definition) is 0. The highest BCUT2D eigenvalue weighted by Crippen LogP contribution is 2.22. The van der Waals surface area contributed by atoms with Gasteiger partial charge in [0.05, 0.1) is 13.2 Å². The predicted octanol–water partition coefficient (Wildman–Crippen LogP) is 3.94. The Kier molecular flexibility index (Phi) is 9.74. The first-order valence-electron chi connectivity index (χ1n) is 9.62. The third-order valence-electron chi connectivity index (χ3n) is 4.22. The van der Waals surface area contributed by atoms with Crippen LogP contribution >= 0.6 is 0 Å². The van der Waals surface area contributed by atoms with Gasteiger partial charge in [-0.3, -0.25) is 4.79 Å². The molecule has 0 heterocycles. The lowest BCUT2D eigenvalue weighted by Gasteiger charge is -2.37. The molecule has 5 nitrogen and oxygen atoms in total. The van der Waals surface area contributed by atoms with E-state index in [2.05, 4.69) is 45.0 Å². The average Bonchev–Trinajstić information content (AvgIpc) is 2.62. The largest absolute Gasteiger partial charge is 0.497 e. The van der Waals surface area contributed by atoms with Gasteiger partial charge in [-0.15, -0.1) is 5.54 Å². The van der Waals surface area contributed by atoms with Gasteiger partial charge in [-0.1, -0.05) is 51.5 Å². The monoisotopic (exact) mass is 405 g/mol. The van der Waals surface area contributed by atoms with Gasteiger partial charge in [0.1, 0.15) is 26.7 Å². The Balaban J connectivity index is 3.22. The van der Waals surface area contributed by atoms with Crippen molar-refractivity contribution >= 4 is 14.0 Å². The van der Waals surface area contributed by atoms with Gasteiger partial charge in [-0.05, 0) is 23.6 Å². The molecular formula is C22H35NO4Si. The topological polar surface area (TPSA) is 48.0 Å². The second-order valence-corrected chi connectivity index (χ2v) is 13.0. The molecule has 6 heteroatoms. The first-order chi connectivity index (χ1) is 13.1. The average molecular weight is 406 g/mol. The van der Waals surface area contributed by atoms with E-state index in [9.17, 15) is 4.79 Å². The van der Waals surface area contributed by atoms with E-state index in [0.717, 1.165) is 11.3 Å². The summed E-state index contributed by atoms with van der Waals surface area (Å²) >= 11 is 0. The lowest BCUT2D eigenvalue weighted by molar-refractivity contribution is -0.140. The Labute approximate surface area is 171 Å². The molecule has 0 aliphatic heterocycles. The highest BCUT2D eigenvalue weighted by Gasteiger charge is 2.32. The van der Waals surface area contributed by atoms with Crippen LogP contribution in [0.25, 0.3) is 0 Å². The molecule has 1 aromatic rings. The number of amides is 1. The van der Waals surface area contributed by atoms with E-state index in [1.54, 1.807) is 21.1 Å². The summed E-state index contributed by atoms with van der Waals surface area (Å²) < 4.78 is 16.3. The van der Waals surface area contributed by atoms with Crippen molar-refractivity contribution < 1.29 is 19.0 Å². The van der Waals surface area contributed by atoms with Crippen LogP contribution in [-0.2, 0) is 20.8 Å². The van der Waals surface area contributed by atoms with E-state index in [4.69, 9.17) is 14.2 Å². The molecule has 156 valence electrons. The molecule has 0 unspecified atom stereocenters. The molecule has 0 aliphatic carbocycles. The molecule has 1 aromatic carbocycles. The Morgan fingerprint density at radius 1 is 1.14 bits per heavy atom. The maximum absolute atomic E-state index is 12.6. The Morgan fingerprint density at radius 2 is 1.75 bits per heavy atom. The molecule has 0 radical (unpaired) electrons. The molecule has 1 amide bonds. The van der Waals surface area contributed by atoms with Crippen molar-refractivity contribution in [2.75, 3.05) is 21.0 Å². The van der Waals surface area contributed by atoms with Gasteiger partial charge in [0.15, 0.2) is 0 Å². The van der Waals surface area contributed by atoms with Crippen LogP contribution in [0.4, 0.5) is 0 Å². The Hall–Kier alpha value is -1.81. The maximum Gasteiger partial charge on any atom is 0.220 e. The van der Waals surface area contributed by atoms with Gasteiger partial charge < -0.3 is 19.1 Å². The zero-order valence-corrected chi connectivity index (χ0v) is 19.5. The van der Waals surface area contributed by atoms with Crippen LogP contribution in [-0.4, -0.2) is 52.0 Å². The zero-order chi connectivity index (χ0) is 21.3. The van der Waals surface area contributed by atoms with Gasteiger partial charge in [-0.25, -0.2) is 0 Å². The fraction of sp³-hybridized carbons (Fsp3) is 0.591. The third-order valence-corrected chi connectivity index (χ3v) is 5.12. The minimum absolute atomic E-state index is 0.00432. The summed E-state index contributed by atoms with van der Waals surface area (Å²) in [6, 6.07) is 7.58. The second kappa shape index (κ2) is 11.3. The van der Waals surface area contributed by atoms with E-state index in [1.807, 2.05) is 29.2 Å². The summed E-state index contributed by atoms with van der Waals surface area (Å²) in [4.78, 5) is 14.4. The zero-order valence-electron chi connectivity index (χ0n) is 18.5. The van der Waals surface area contributed by atoms with Crippen molar-refractivity contribution in [1.29, 1.82) is 0 Å². The summed E-state index contributed by atoms with van der Waals surface area (Å²) in [5, 5.41) is 0. The van der Waals surface area contributed by atoms with Crippen molar-refractivity contribution in [3.05, 3.63) is 29.8 Å². The summed E-state index contributed by atoms with van der Waals surface area (Å²) in [6.07, 6.45) is -0.408. The molecule has 2 atom stereocenters. The van der Waals surface area contributed by atoms with Gasteiger partial charge in [0.2, 0.25) is 5.91 Å². The molecule has 0 spiro atoms. The van der Waals surface area contributed by atoms with Crippen LogP contribution in [0.3, 0.4) is 0 Å². The lowest BCUT2D eigenvalue weighted by atomic mass is 9.96. The van der Waals surface area contributed by atoms with Crippen LogP contribution in [0.5, 0.6) is 5.75 Å². The number of carbonyl (C=O) groups is 1. The lowest BCUT2D eigenvalue weighted by Crippen LogP contribution is -2.49. The van der Waals surface area contributed by atoms with Crippen molar-refractivity contribution in [1.82, 2.24) is 4.90 Å². The highest BCUT2D eigenvalue weighted by molar-refractivity contribution is 6.83.